The summed E-state index contributed by atoms with van der Waals surface area (Å²) < 4.78 is 5.65. The number of hydrogen-bond acceptors (Lipinski definition) is 3. The fraction of sp³-hybridized carbons (Fsp3) is 0.462. The number of rotatable bonds is 3. The van der Waals surface area contributed by atoms with Gasteiger partial charge in [0.15, 0.2) is 6.10 Å². The quantitative estimate of drug-likeness (QED) is 0.927. The third-order valence-corrected chi connectivity index (χ3v) is 3.56. The normalized spacial score (nSPS) is 18.0. The lowest BCUT2D eigenvalue weighted by molar-refractivity contribution is -0.138. The maximum absolute atomic E-state index is 12.2. The molecule has 2 rings (SSSR count). The van der Waals surface area contributed by atoms with Crippen LogP contribution in [-0.2, 0) is 11.2 Å². The molecule has 2 N–H and O–H groups in total. The molecular formula is C13H18Cl2N2O2. The smallest absolute Gasteiger partial charge is 0.264 e. The van der Waals surface area contributed by atoms with Gasteiger partial charge in [0.05, 0.1) is 0 Å². The van der Waals surface area contributed by atoms with E-state index in [9.17, 15) is 4.79 Å². The average Bonchev–Trinajstić information content (AvgIpc) is 2.78. The Bertz CT molecular complexity index is 468. The Balaban J connectivity index is 0.00000180. The van der Waals surface area contributed by atoms with Crippen molar-refractivity contribution in [2.24, 2.45) is 5.73 Å². The second-order valence-corrected chi connectivity index (χ2v) is 5.03. The number of fused-ring (bicyclic) bond motifs is 1. The van der Waals surface area contributed by atoms with Crippen molar-refractivity contribution < 1.29 is 9.53 Å². The number of amides is 1. The Morgan fingerprint density at radius 3 is 2.95 bits per heavy atom. The summed E-state index contributed by atoms with van der Waals surface area (Å²) >= 11 is 5.92. The van der Waals surface area contributed by atoms with E-state index < -0.39 is 6.10 Å². The average molecular weight is 305 g/mol. The van der Waals surface area contributed by atoms with Gasteiger partial charge in [0.25, 0.3) is 5.91 Å². The van der Waals surface area contributed by atoms with Gasteiger partial charge in [0.2, 0.25) is 0 Å². The highest BCUT2D eigenvalue weighted by molar-refractivity contribution is 6.30. The van der Waals surface area contributed by atoms with E-state index >= 15 is 0 Å². The molecule has 0 saturated carbocycles. The number of nitrogens with two attached hydrogens (primary N) is 1. The lowest BCUT2D eigenvalue weighted by atomic mass is 10.1. The second-order valence-electron chi connectivity index (χ2n) is 4.60. The Labute approximate surface area is 124 Å². The first-order valence-corrected chi connectivity index (χ1v) is 6.32. The Kier molecular flexibility index (Phi) is 5.47. The molecule has 0 spiro atoms. The summed E-state index contributed by atoms with van der Waals surface area (Å²) in [6, 6.07) is 5.42. The summed E-state index contributed by atoms with van der Waals surface area (Å²) in [6.45, 7) is 2.35. The molecule has 0 radical (unpaired) electrons. The summed E-state index contributed by atoms with van der Waals surface area (Å²) in [5.74, 6) is 0.701. The van der Waals surface area contributed by atoms with Crippen LogP contribution < -0.4 is 10.5 Å². The van der Waals surface area contributed by atoms with Crippen LogP contribution in [0.1, 0.15) is 12.5 Å². The molecule has 6 heteroatoms. The van der Waals surface area contributed by atoms with Crippen molar-refractivity contribution in [3.63, 3.8) is 0 Å². The van der Waals surface area contributed by atoms with E-state index in [2.05, 4.69) is 0 Å². The molecule has 0 bridgehead atoms. The van der Waals surface area contributed by atoms with Gasteiger partial charge in [-0.05, 0) is 30.7 Å². The number of likely N-dealkylation sites (N-methyl/N-ethyl adjacent to an activating group) is 1. The van der Waals surface area contributed by atoms with Gasteiger partial charge in [-0.15, -0.1) is 12.4 Å². The molecule has 106 valence electrons. The minimum atomic E-state index is -0.461. The monoisotopic (exact) mass is 304 g/mol. The maximum Gasteiger partial charge on any atom is 0.264 e. The predicted octanol–water partition coefficient (Wildman–Crippen LogP) is 1.87. The molecule has 1 aliphatic rings. The van der Waals surface area contributed by atoms with Gasteiger partial charge in [-0.1, -0.05) is 11.6 Å². The zero-order chi connectivity index (χ0) is 13.3. The third kappa shape index (κ3) is 3.32. The van der Waals surface area contributed by atoms with Gasteiger partial charge in [0, 0.05) is 31.1 Å². The van der Waals surface area contributed by atoms with Gasteiger partial charge < -0.3 is 15.4 Å². The molecule has 2 unspecified atom stereocenters. The van der Waals surface area contributed by atoms with Crippen molar-refractivity contribution in [1.29, 1.82) is 0 Å². The number of carbonyl (C=O) groups is 1. The first-order valence-electron chi connectivity index (χ1n) is 5.94. The summed E-state index contributed by atoms with van der Waals surface area (Å²) in [6.07, 6.45) is 0.105. The second kappa shape index (κ2) is 6.46. The van der Waals surface area contributed by atoms with Crippen molar-refractivity contribution in [1.82, 2.24) is 4.90 Å². The molecule has 0 aromatic heterocycles. The lowest BCUT2D eigenvalue weighted by Gasteiger charge is -2.26. The van der Waals surface area contributed by atoms with Crippen LogP contribution >= 0.6 is 24.0 Å². The molecule has 1 heterocycles. The van der Waals surface area contributed by atoms with Gasteiger partial charge in [-0.3, -0.25) is 4.79 Å². The van der Waals surface area contributed by atoms with Gasteiger partial charge >= 0.3 is 0 Å². The maximum atomic E-state index is 12.2. The molecule has 0 aliphatic carbocycles. The molecule has 0 fully saturated rings. The van der Waals surface area contributed by atoms with Crippen molar-refractivity contribution in [2.75, 3.05) is 13.6 Å². The number of nitrogens with zero attached hydrogens (tertiary/aromatic N) is 1. The number of benzene rings is 1. The highest BCUT2D eigenvalue weighted by Gasteiger charge is 2.32. The number of ether oxygens (including phenoxy) is 1. The molecule has 0 saturated heterocycles. The summed E-state index contributed by atoms with van der Waals surface area (Å²) in [7, 11) is 1.75. The summed E-state index contributed by atoms with van der Waals surface area (Å²) in [5, 5.41) is 0.661. The van der Waals surface area contributed by atoms with Crippen molar-refractivity contribution >= 4 is 29.9 Å². The number of halogens is 2. The minimum Gasteiger partial charge on any atom is -0.480 e. The molecule has 1 aliphatic heterocycles. The van der Waals surface area contributed by atoms with Crippen LogP contribution in [0.2, 0.25) is 5.02 Å². The zero-order valence-corrected chi connectivity index (χ0v) is 12.5. The zero-order valence-electron chi connectivity index (χ0n) is 10.9. The highest BCUT2D eigenvalue weighted by atomic mass is 35.5. The number of hydrogen-bond donors (Lipinski definition) is 1. The molecule has 1 amide bonds. The first-order chi connectivity index (χ1) is 8.52. The largest absolute Gasteiger partial charge is 0.480 e. The van der Waals surface area contributed by atoms with Crippen LogP contribution in [0.4, 0.5) is 0 Å². The molecule has 1 aromatic carbocycles. The topological polar surface area (TPSA) is 55.6 Å². The lowest BCUT2D eigenvalue weighted by Crippen LogP contribution is -2.46. The Morgan fingerprint density at radius 1 is 1.63 bits per heavy atom. The van der Waals surface area contributed by atoms with E-state index in [1.807, 2.05) is 13.0 Å². The molecular weight excluding hydrogens is 287 g/mol. The van der Waals surface area contributed by atoms with Crippen LogP contribution in [0.3, 0.4) is 0 Å². The molecule has 4 nitrogen and oxygen atoms in total. The number of carbonyl (C=O) groups excluding carboxylic acids is 1. The van der Waals surface area contributed by atoms with Crippen LogP contribution in [0.15, 0.2) is 18.2 Å². The predicted molar refractivity (Wildman–Crippen MR) is 78.1 cm³/mol. The van der Waals surface area contributed by atoms with Crippen LogP contribution in [0.5, 0.6) is 5.75 Å². The Hall–Kier alpha value is -0.970. The Morgan fingerprint density at radius 2 is 2.32 bits per heavy atom. The van der Waals surface area contributed by atoms with E-state index in [1.165, 1.54) is 0 Å². The van der Waals surface area contributed by atoms with E-state index in [4.69, 9.17) is 22.1 Å². The SMILES string of the molecule is CC(CN)N(C)C(=O)C1Cc2cc(Cl)ccc2O1.Cl. The fourth-order valence-electron chi connectivity index (χ4n) is 1.96. The van der Waals surface area contributed by atoms with E-state index in [0.717, 1.165) is 11.3 Å². The van der Waals surface area contributed by atoms with Crippen LogP contribution in [-0.4, -0.2) is 36.5 Å². The van der Waals surface area contributed by atoms with Crippen molar-refractivity contribution in [3.8, 4) is 5.75 Å². The van der Waals surface area contributed by atoms with Crippen molar-refractivity contribution in [2.45, 2.75) is 25.5 Å². The third-order valence-electron chi connectivity index (χ3n) is 3.32. The summed E-state index contributed by atoms with van der Waals surface area (Å²) in [4.78, 5) is 13.8. The molecule has 19 heavy (non-hydrogen) atoms. The first kappa shape index (κ1) is 16.1. The van der Waals surface area contributed by atoms with Crippen LogP contribution in [0.25, 0.3) is 0 Å². The highest BCUT2D eigenvalue weighted by Crippen LogP contribution is 2.31. The standard InChI is InChI=1S/C13H17ClN2O2.ClH/c1-8(7-15)16(2)13(17)12-6-9-5-10(14)3-4-11(9)18-12;/h3-5,8,12H,6-7,15H2,1-2H3;1H. The van der Waals surface area contributed by atoms with Crippen LogP contribution in [0, 0.1) is 0 Å². The van der Waals surface area contributed by atoms with Gasteiger partial charge in [0.1, 0.15) is 5.75 Å². The summed E-state index contributed by atoms with van der Waals surface area (Å²) in [5.41, 5.74) is 6.54. The van der Waals surface area contributed by atoms with E-state index in [-0.39, 0.29) is 24.4 Å². The molecule has 1 aromatic rings. The van der Waals surface area contributed by atoms with E-state index in [1.54, 1.807) is 24.1 Å². The van der Waals surface area contributed by atoms with Crippen molar-refractivity contribution in [3.05, 3.63) is 28.8 Å². The van der Waals surface area contributed by atoms with Gasteiger partial charge in [-0.2, -0.15) is 0 Å². The van der Waals surface area contributed by atoms with E-state index in [0.29, 0.717) is 18.0 Å². The molecule has 2 atom stereocenters. The van der Waals surface area contributed by atoms with Gasteiger partial charge in [-0.25, -0.2) is 0 Å². The minimum absolute atomic E-state index is 0. The fourth-order valence-corrected chi connectivity index (χ4v) is 2.15.